The molecule has 1 fully saturated rings. The third-order valence-electron chi connectivity index (χ3n) is 1.75. The molecule has 1 heterocycles. The first kappa shape index (κ1) is 6.70. The molecule has 0 spiro atoms. The smallest absolute Gasteiger partial charge is 0.192 e. The Kier molecular flexibility index (Phi) is 1.56. The molecule has 2 aliphatic rings. The minimum Gasteiger partial charge on any atom is -0.486 e. The zero-order valence-electron chi connectivity index (χ0n) is 6.10. The fourth-order valence-electron chi connectivity index (χ4n) is 1.24. The minimum absolute atomic E-state index is 0.179. The van der Waals surface area contributed by atoms with E-state index in [1.54, 1.807) is 0 Å². The molecule has 0 unspecified atom stereocenters. The van der Waals surface area contributed by atoms with Crippen molar-refractivity contribution < 1.29 is 13.9 Å². The first-order valence-corrected chi connectivity index (χ1v) is 3.73. The molecule has 1 aliphatic carbocycles. The second-order valence-corrected chi connectivity index (χ2v) is 2.54. The van der Waals surface area contributed by atoms with Crippen molar-refractivity contribution in [2.24, 2.45) is 0 Å². The molecule has 11 heavy (non-hydrogen) atoms. The number of hydrogen-bond acceptors (Lipinski definition) is 2. The van der Waals surface area contributed by atoms with Gasteiger partial charge in [-0.15, -0.1) is 0 Å². The summed E-state index contributed by atoms with van der Waals surface area (Å²) in [6.07, 6.45) is 3.04. The van der Waals surface area contributed by atoms with Crippen molar-refractivity contribution in [3.63, 3.8) is 0 Å². The van der Waals surface area contributed by atoms with Gasteiger partial charge in [-0.3, -0.25) is 0 Å². The normalized spacial score (nSPS) is 23.2. The van der Waals surface area contributed by atoms with E-state index in [0.29, 0.717) is 37.6 Å². The van der Waals surface area contributed by atoms with Crippen LogP contribution in [0.15, 0.2) is 23.4 Å². The van der Waals surface area contributed by atoms with Gasteiger partial charge in [0, 0.05) is 6.42 Å². The molecule has 1 aliphatic heterocycles. The van der Waals surface area contributed by atoms with Gasteiger partial charge in [0.05, 0.1) is 0 Å². The number of ether oxygens (including phenoxy) is 2. The molecule has 0 N–H and O–H groups in total. The van der Waals surface area contributed by atoms with Gasteiger partial charge in [0.2, 0.25) is 0 Å². The van der Waals surface area contributed by atoms with Gasteiger partial charge in [0.15, 0.2) is 11.5 Å². The highest BCUT2D eigenvalue weighted by atomic mass is 19.1. The van der Waals surface area contributed by atoms with Gasteiger partial charge in [0.25, 0.3) is 0 Å². The SMILES string of the molecule is FC1=C2OCCOC2=CCC1. The van der Waals surface area contributed by atoms with Crippen LogP contribution in [-0.2, 0) is 9.47 Å². The second-order valence-electron chi connectivity index (χ2n) is 2.54. The Morgan fingerprint density at radius 3 is 2.91 bits per heavy atom. The molecular formula is C8H9FO2. The molecule has 2 nitrogen and oxygen atoms in total. The summed E-state index contributed by atoms with van der Waals surface area (Å²) in [6.45, 7) is 0.989. The Morgan fingerprint density at radius 2 is 2.09 bits per heavy atom. The van der Waals surface area contributed by atoms with Gasteiger partial charge in [-0.2, -0.15) is 0 Å². The topological polar surface area (TPSA) is 18.5 Å². The molecule has 0 radical (unpaired) electrons. The summed E-state index contributed by atoms with van der Waals surface area (Å²) in [4.78, 5) is 0. The second kappa shape index (κ2) is 2.57. The maximum Gasteiger partial charge on any atom is 0.192 e. The van der Waals surface area contributed by atoms with Gasteiger partial charge < -0.3 is 9.47 Å². The van der Waals surface area contributed by atoms with Crippen LogP contribution < -0.4 is 0 Å². The summed E-state index contributed by atoms with van der Waals surface area (Å²) in [5.41, 5.74) is 0. The van der Waals surface area contributed by atoms with Gasteiger partial charge in [-0.05, 0) is 12.5 Å². The van der Waals surface area contributed by atoms with Crippen LogP contribution in [0.2, 0.25) is 0 Å². The van der Waals surface area contributed by atoms with Gasteiger partial charge in [-0.25, -0.2) is 4.39 Å². The fourth-order valence-corrected chi connectivity index (χ4v) is 1.24. The average Bonchev–Trinajstić information content (AvgIpc) is 2.06. The summed E-state index contributed by atoms with van der Waals surface area (Å²) in [6, 6.07) is 0. The molecule has 0 bridgehead atoms. The molecule has 0 aromatic heterocycles. The molecule has 0 saturated carbocycles. The monoisotopic (exact) mass is 156 g/mol. The van der Waals surface area contributed by atoms with Crippen molar-refractivity contribution in [2.45, 2.75) is 12.8 Å². The molecule has 3 heteroatoms. The molecule has 0 atom stereocenters. The summed E-state index contributed by atoms with van der Waals surface area (Å²) >= 11 is 0. The summed E-state index contributed by atoms with van der Waals surface area (Å²) in [5.74, 6) is 0.727. The lowest BCUT2D eigenvalue weighted by molar-refractivity contribution is 0.0513. The highest BCUT2D eigenvalue weighted by Gasteiger charge is 2.22. The number of halogens is 1. The highest BCUT2D eigenvalue weighted by Crippen LogP contribution is 2.29. The van der Waals surface area contributed by atoms with Crippen LogP contribution in [0.25, 0.3) is 0 Å². The van der Waals surface area contributed by atoms with Gasteiger partial charge in [-0.1, -0.05) is 0 Å². The average molecular weight is 156 g/mol. The molecule has 1 saturated heterocycles. The maximum absolute atomic E-state index is 13.0. The van der Waals surface area contributed by atoms with Crippen molar-refractivity contribution in [2.75, 3.05) is 13.2 Å². The van der Waals surface area contributed by atoms with Crippen LogP contribution >= 0.6 is 0 Å². The first-order valence-electron chi connectivity index (χ1n) is 3.73. The fraction of sp³-hybridized carbons (Fsp3) is 0.500. The van der Waals surface area contributed by atoms with Crippen LogP contribution in [0.3, 0.4) is 0 Å². The first-order chi connectivity index (χ1) is 5.38. The Bertz CT molecular complexity index is 230. The summed E-state index contributed by atoms with van der Waals surface area (Å²) < 4.78 is 23.2. The van der Waals surface area contributed by atoms with Crippen LogP contribution in [-0.4, -0.2) is 13.2 Å². The van der Waals surface area contributed by atoms with E-state index >= 15 is 0 Å². The quantitative estimate of drug-likeness (QED) is 0.533. The Balaban J connectivity index is 2.29. The maximum atomic E-state index is 13.0. The third-order valence-corrected chi connectivity index (χ3v) is 1.75. The number of allylic oxidation sites excluding steroid dienone is 2. The van der Waals surface area contributed by atoms with E-state index < -0.39 is 0 Å². The third kappa shape index (κ3) is 1.11. The van der Waals surface area contributed by atoms with Gasteiger partial charge >= 0.3 is 0 Å². The van der Waals surface area contributed by atoms with Crippen molar-refractivity contribution in [3.8, 4) is 0 Å². The molecular weight excluding hydrogens is 147 g/mol. The molecule has 0 aromatic rings. The van der Waals surface area contributed by atoms with Crippen LogP contribution in [0.5, 0.6) is 0 Å². The molecule has 0 aromatic carbocycles. The van der Waals surface area contributed by atoms with E-state index in [0.717, 1.165) is 0 Å². The largest absolute Gasteiger partial charge is 0.486 e. The Morgan fingerprint density at radius 1 is 1.27 bits per heavy atom. The molecule has 60 valence electrons. The molecule has 2 rings (SSSR count). The van der Waals surface area contributed by atoms with E-state index in [1.807, 2.05) is 6.08 Å². The van der Waals surface area contributed by atoms with Crippen LogP contribution in [0.4, 0.5) is 4.39 Å². The van der Waals surface area contributed by atoms with Crippen molar-refractivity contribution in [1.82, 2.24) is 0 Å². The number of hydrogen-bond donors (Lipinski definition) is 0. The van der Waals surface area contributed by atoms with Gasteiger partial charge in [0.1, 0.15) is 19.0 Å². The van der Waals surface area contributed by atoms with Crippen LogP contribution in [0.1, 0.15) is 12.8 Å². The van der Waals surface area contributed by atoms with E-state index in [1.165, 1.54) is 0 Å². The van der Waals surface area contributed by atoms with Crippen molar-refractivity contribution in [3.05, 3.63) is 23.4 Å². The summed E-state index contributed by atoms with van der Waals surface area (Å²) in [5, 5.41) is 0. The predicted molar refractivity (Wildman–Crippen MR) is 37.4 cm³/mol. The standard InChI is InChI=1S/C8H9FO2/c9-6-2-1-3-7-8(6)11-5-4-10-7/h3H,1-2,4-5H2. The zero-order chi connectivity index (χ0) is 7.68. The lowest BCUT2D eigenvalue weighted by atomic mass is 10.1. The number of rotatable bonds is 0. The van der Waals surface area contributed by atoms with E-state index in [-0.39, 0.29) is 5.83 Å². The molecule has 0 amide bonds. The van der Waals surface area contributed by atoms with Crippen molar-refractivity contribution in [1.29, 1.82) is 0 Å². The van der Waals surface area contributed by atoms with E-state index in [2.05, 4.69) is 0 Å². The lowest BCUT2D eigenvalue weighted by Crippen LogP contribution is -2.16. The minimum atomic E-state index is -0.179. The van der Waals surface area contributed by atoms with Crippen LogP contribution in [0, 0.1) is 0 Å². The predicted octanol–water partition coefficient (Wildman–Crippen LogP) is 1.89. The highest BCUT2D eigenvalue weighted by molar-refractivity contribution is 5.27. The van der Waals surface area contributed by atoms with E-state index in [9.17, 15) is 4.39 Å². The van der Waals surface area contributed by atoms with Crippen molar-refractivity contribution >= 4 is 0 Å². The van der Waals surface area contributed by atoms with E-state index in [4.69, 9.17) is 9.47 Å². The zero-order valence-corrected chi connectivity index (χ0v) is 6.10. The Labute approximate surface area is 64.3 Å². The number of fused-ring (bicyclic) bond motifs is 1. The lowest BCUT2D eigenvalue weighted by Gasteiger charge is -2.23. The summed E-state index contributed by atoms with van der Waals surface area (Å²) in [7, 11) is 0. The Hall–Kier alpha value is -0.990.